The summed E-state index contributed by atoms with van der Waals surface area (Å²) in [5, 5.41) is 10.1. The van der Waals surface area contributed by atoms with Crippen LogP contribution in [-0.4, -0.2) is 11.2 Å². The molecule has 1 heteroatoms. The first kappa shape index (κ1) is 7.37. The van der Waals surface area contributed by atoms with Crippen LogP contribution in [0, 0.1) is 23.2 Å². The molecule has 5 atom stereocenters. The molecule has 0 aromatic heterocycles. The maximum absolute atomic E-state index is 10.1. The van der Waals surface area contributed by atoms with E-state index in [0.717, 1.165) is 5.92 Å². The zero-order valence-corrected chi connectivity index (χ0v) is 7.79. The molecular weight excluding hydrogens is 148 g/mol. The minimum absolute atomic E-state index is 0.0660. The predicted molar refractivity (Wildman–Crippen MR) is 47.7 cm³/mol. The summed E-state index contributed by atoms with van der Waals surface area (Å²) in [6.07, 6.45) is 6.83. The van der Waals surface area contributed by atoms with Crippen LogP contribution in [-0.2, 0) is 0 Å². The molecule has 3 rings (SSSR count). The molecule has 4 bridgehead atoms. The second-order valence-electron chi connectivity index (χ2n) is 5.34. The summed E-state index contributed by atoms with van der Waals surface area (Å²) in [7, 11) is 0. The van der Waals surface area contributed by atoms with Gasteiger partial charge in [-0.2, -0.15) is 0 Å². The summed E-state index contributed by atoms with van der Waals surface area (Å²) in [6, 6.07) is 0. The highest BCUT2D eigenvalue weighted by Crippen LogP contribution is 2.66. The van der Waals surface area contributed by atoms with Crippen molar-refractivity contribution in [1.82, 2.24) is 0 Å². The molecule has 5 unspecified atom stereocenters. The van der Waals surface area contributed by atoms with E-state index in [4.69, 9.17) is 0 Å². The smallest absolute Gasteiger partial charge is 0.0604 e. The van der Waals surface area contributed by atoms with Crippen LogP contribution in [0.25, 0.3) is 0 Å². The van der Waals surface area contributed by atoms with E-state index in [0.29, 0.717) is 17.3 Å². The highest BCUT2D eigenvalue weighted by atomic mass is 16.3. The van der Waals surface area contributed by atoms with E-state index in [2.05, 4.69) is 6.92 Å². The van der Waals surface area contributed by atoms with Crippen molar-refractivity contribution >= 4 is 0 Å². The molecule has 1 N–H and O–H groups in total. The van der Waals surface area contributed by atoms with Gasteiger partial charge in [-0.05, 0) is 48.9 Å². The Hall–Kier alpha value is -0.0400. The Labute approximate surface area is 74.2 Å². The molecule has 0 radical (unpaired) electrons. The van der Waals surface area contributed by atoms with Crippen molar-refractivity contribution in [3.05, 3.63) is 0 Å². The Bertz CT molecular complexity index is 205. The van der Waals surface area contributed by atoms with Crippen LogP contribution < -0.4 is 0 Å². The van der Waals surface area contributed by atoms with Crippen molar-refractivity contribution in [2.24, 2.45) is 23.2 Å². The van der Waals surface area contributed by atoms with Gasteiger partial charge >= 0.3 is 0 Å². The second-order valence-corrected chi connectivity index (χ2v) is 5.34. The standard InChI is InChI=1S/C11H18O/c1-11-6-5-7-8(11)3-2-4-9(11)10(7)12/h7-10,12H,2-6H2,1H3. The van der Waals surface area contributed by atoms with E-state index < -0.39 is 0 Å². The van der Waals surface area contributed by atoms with Crippen molar-refractivity contribution in [2.75, 3.05) is 0 Å². The Morgan fingerprint density at radius 1 is 1.17 bits per heavy atom. The molecule has 0 heterocycles. The number of aliphatic hydroxyl groups is 1. The predicted octanol–water partition coefficient (Wildman–Crippen LogP) is 2.19. The molecule has 0 aromatic carbocycles. The second kappa shape index (κ2) is 2.06. The Morgan fingerprint density at radius 3 is 2.58 bits per heavy atom. The molecule has 0 saturated heterocycles. The minimum atomic E-state index is 0.0660. The average Bonchev–Trinajstić information content (AvgIpc) is 2.40. The van der Waals surface area contributed by atoms with Gasteiger partial charge in [-0.25, -0.2) is 0 Å². The number of hydrogen-bond acceptors (Lipinski definition) is 1. The molecule has 0 aromatic rings. The number of hydrogen-bond donors (Lipinski definition) is 1. The first-order valence-corrected chi connectivity index (χ1v) is 5.41. The van der Waals surface area contributed by atoms with E-state index in [1.54, 1.807) is 0 Å². The molecule has 68 valence electrons. The van der Waals surface area contributed by atoms with Crippen LogP contribution in [0.1, 0.15) is 39.0 Å². The minimum Gasteiger partial charge on any atom is -0.393 e. The van der Waals surface area contributed by atoms with Gasteiger partial charge in [0.15, 0.2) is 0 Å². The van der Waals surface area contributed by atoms with Crippen molar-refractivity contribution < 1.29 is 5.11 Å². The quantitative estimate of drug-likeness (QED) is 0.585. The van der Waals surface area contributed by atoms with Gasteiger partial charge in [-0.1, -0.05) is 13.3 Å². The lowest BCUT2D eigenvalue weighted by Gasteiger charge is -2.39. The van der Waals surface area contributed by atoms with Gasteiger partial charge in [0, 0.05) is 0 Å². The fourth-order valence-corrected chi connectivity index (χ4v) is 4.51. The van der Waals surface area contributed by atoms with Crippen molar-refractivity contribution in [3.8, 4) is 0 Å². The van der Waals surface area contributed by atoms with Gasteiger partial charge in [0.2, 0.25) is 0 Å². The molecule has 3 aliphatic rings. The monoisotopic (exact) mass is 166 g/mol. The fraction of sp³-hybridized carbons (Fsp3) is 1.00. The third-order valence-electron chi connectivity index (χ3n) is 5.11. The van der Waals surface area contributed by atoms with Gasteiger partial charge in [0.1, 0.15) is 0 Å². The normalized spacial score (nSPS) is 62.5. The summed E-state index contributed by atoms with van der Waals surface area (Å²) >= 11 is 0. The van der Waals surface area contributed by atoms with E-state index >= 15 is 0 Å². The third kappa shape index (κ3) is 0.618. The first-order chi connectivity index (χ1) is 5.73. The molecule has 3 saturated carbocycles. The van der Waals surface area contributed by atoms with Crippen LogP contribution in [0.3, 0.4) is 0 Å². The molecule has 12 heavy (non-hydrogen) atoms. The number of aliphatic hydroxyl groups excluding tert-OH is 1. The summed E-state index contributed by atoms with van der Waals surface area (Å²) in [6.45, 7) is 2.43. The van der Waals surface area contributed by atoms with Gasteiger partial charge in [-0.15, -0.1) is 0 Å². The highest BCUT2D eigenvalue weighted by Gasteiger charge is 2.62. The molecule has 0 spiro atoms. The van der Waals surface area contributed by atoms with Gasteiger partial charge < -0.3 is 5.11 Å². The largest absolute Gasteiger partial charge is 0.393 e. The highest BCUT2D eigenvalue weighted by molar-refractivity contribution is 5.11. The molecular formula is C11H18O. The van der Waals surface area contributed by atoms with E-state index in [9.17, 15) is 5.11 Å². The lowest BCUT2D eigenvalue weighted by atomic mass is 9.66. The molecule has 3 aliphatic carbocycles. The maximum atomic E-state index is 10.1. The topological polar surface area (TPSA) is 20.2 Å². The van der Waals surface area contributed by atoms with Gasteiger partial charge in [0.25, 0.3) is 0 Å². The zero-order valence-electron chi connectivity index (χ0n) is 7.79. The van der Waals surface area contributed by atoms with Gasteiger partial charge in [0.05, 0.1) is 6.10 Å². The van der Waals surface area contributed by atoms with Crippen molar-refractivity contribution in [1.29, 1.82) is 0 Å². The van der Waals surface area contributed by atoms with Crippen molar-refractivity contribution in [3.63, 3.8) is 0 Å². The van der Waals surface area contributed by atoms with E-state index in [1.807, 2.05) is 0 Å². The summed E-state index contributed by atoms with van der Waals surface area (Å²) in [5.74, 6) is 2.23. The van der Waals surface area contributed by atoms with Crippen LogP contribution in [0.15, 0.2) is 0 Å². The fourth-order valence-electron chi connectivity index (χ4n) is 4.51. The van der Waals surface area contributed by atoms with Crippen LogP contribution >= 0.6 is 0 Å². The van der Waals surface area contributed by atoms with Gasteiger partial charge in [-0.3, -0.25) is 0 Å². The van der Waals surface area contributed by atoms with Crippen molar-refractivity contribution in [2.45, 2.75) is 45.1 Å². The Morgan fingerprint density at radius 2 is 1.92 bits per heavy atom. The van der Waals surface area contributed by atoms with Crippen LogP contribution in [0.5, 0.6) is 0 Å². The van der Waals surface area contributed by atoms with E-state index in [-0.39, 0.29) is 6.10 Å². The molecule has 3 fully saturated rings. The lowest BCUT2D eigenvalue weighted by molar-refractivity contribution is 0.0208. The summed E-state index contributed by atoms with van der Waals surface area (Å²) in [4.78, 5) is 0. The SMILES string of the molecule is CC12CCC3C(O)C1CCCC32. The molecule has 1 nitrogen and oxygen atoms in total. The Kier molecular flexibility index (Phi) is 1.27. The zero-order chi connectivity index (χ0) is 8.34. The third-order valence-corrected chi connectivity index (χ3v) is 5.11. The first-order valence-electron chi connectivity index (χ1n) is 5.41. The lowest BCUT2D eigenvalue weighted by Crippen LogP contribution is -2.34. The summed E-state index contributed by atoms with van der Waals surface area (Å²) in [5.41, 5.74) is 0.544. The van der Waals surface area contributed by atoms with Crippen LogP contribution in [0.2, 0.25) is 0 Å². The molecule has 0 amide bonds. The average molecular weight is 166 g/mol. The summed E-state index contributed by atoms with van der Waals surface area (Å²) < 4.78 is 0. The molecule has 0 aliphatic heterocycles. The van der Waals surface area contributed by atoms with E-state index in [1.165, 1.54) is 32.1 Å². The maximum Gasteiger partial charge on any atom is 0.0604 e. The van der Waals surface area contributed by atoms with Crippen LogP contribution in [0.4, 0.5) is 0 Å². The Balaban J connectivity index is 2.04. The number of rotatable bonds is 0.